The molecule has 0 unspecified atom stereocenters. The normalized spacial score (nSPS) is 9.80. The Morgan fingerprint density at radius 3 is 2.70 bits per heavy atom. The first-order chi connectivity index (χ1) is 4.61. The van der Waals surface area contributed by atoms with E-state index in [2.05, 4.69) is 5.10 Å². The summed E-state index contributed by atoms with van der Waals surface area (Å²) in [5.41, 5.74) is 0. The van der Waals surface area contributed by atoms with Crippen LogP contribution in [-0.4, -0.2) is 14.7 Å². The molecule has 0 amide bonds. The second-order valence-electron chi connectivity index (χ2n) is 1.71. The van der Waals surface area contributed by atoms with Crippen molar-refractivity contribution in [3.8, 4) is 0 Å². The highest BCUT2D eigenvalue weighted by atomic mass is 127. The number of aryl methyl sites for hydroxylation is 1. The second kappa shape index (κ2) is 2.52. The predicted octanol–water partition coefficient (Wildman–Crippen LogP) is 0.933. The first-order valence-electron chi connectivity index (χ1n) is 2.45. The van der Waals surface area contributed by atoms with Gasteiger partial charge in [0, 0.05) is 0 Å². The van der Waals surface area contributed by atoms with Gasteiger partial charge < -0.3 is 10.1 Å². The van der Waals surface area contributed by atoms with Crippen molar-refractivity contribution in [1.82, 2.24) is 9.78 Å². The molecule has 0 aliphatic rings. The van der Waals surface area contributed by atoms with Crippen molar-refractivity contribution >= 4 is 28.4 Å². The Kier molecular flexibility index (Phi) is 1.88. The maximum Gasteiger partial charge on any atom is 0.345 e. The van der Waals surface area contributed by atoms with E-state index < -0.39 is 4.92 Å². The van der Waals surface area contributed by atoms with Gasteiger partial charge in [-0.1, -0.05) is 5.10 Å². The van der Waals surface area contributed by atoms with E-state index in [0.29, 0.717) is 3.70 Å². The van der Waals surface area contributed by atoms with E-state index in [9.17, 15) is 10.1 Å². The van der Waals surface area contributed by atoms with Crippen LogP contribution < -0.4 is 0 Å². The van der Waals surface area contributed by atoms with Crippen molar-refractivity contribution in [3.63, 3.8) is 0 Å². The van der Waals surface area contributed by atoms with E-state index >= 15 is 0 Å². The van der Waals surface area contributed by atoms with Gasteiger partial charge in [0.25, 0.3) is 0 Å². The van der Waals surface area contributed by atoms with E-state index in [1.54, 1.807) is 7.05 Å². The van der Waals surface area contributed by atoms with Gasteiger partial charge in [-0.15, -0.1) is 4.68 Å². The topological polar surface area (TPSA) is 61.0 Å². The van der Waals surface area contributed by atoms with Crippen molar-refractivity contribution < 1.29 is 4.92 Å². The van der Waals surface area contributed by atoms with Crippen LogP contribution in [0, 0.1) is 13.8 Å². The molecule has 1 aromatic rings. The molecule has 0 saturated heterocycles. The molecule has 0 aliphatic heterocycles. The molecule has 54 valence electrons. The van der Waals surface area contributed by atoms with Crippen molar-refractivity contribution in [3.05, 3.63) is 19.9 Å². The molecule has 0 N–H and O–H groups in total. The Labute approximate surface area is 70.3 Å². The lowest BCUT2D eigenvalue weighted by Crippen LogP contribution is -1.97. The summed E-state index contributed by atoms with van der Waals surface area (Å²) in [5.74, 6) is 0.0180. The third-order valence-corrected chi connectivity index (χ3v) is 1.54. The molecule has 0 spiro atoms. The number of aromatic nitrogens is 2. The quantitative estimate of drug-likeness (QED) is 0.425. The Morgan fingerprint density at radius 1 is 1.90 bits per heavy atom. The summed E-state index contributed by atoms with van der Waals surface area (Å²) < 4.78 is 1.87. The summed E-state index contributed by atoms with van der Waals surface area (Å²) in [6.45, 7) is 0. The number of nitro groups is 1. The molecular weight excluding hydrogens is 249 g/mol. The van der Waals surface area contributed by atoms with Gasteiger partial charge in [0.15, 0.2) is 3.70 Å². The van der Waals surface area contributed by atoms with E-state index in [1.165, 1.54) is 10.7 Å². The van der Waals surface area contributed by atoms with Crippen LogP contribution in [0.4, 0.5) is 5.82 Å². The van der Waals surface area contributed by atoms with E-state index in [4.69, 9.17) is 0 Å². The molecule has 6 heteroatoms. The summed E-state index contributed by atoms with van der Waals surface area (Å²) in [6, 6.07) is 1.42. The summed E-state index contributed by atoms with van der Waals surface area (Å²) >= 11 is 1.92. The van der Waals surface area contributed by atoms with Gasteiger partial charge in [0.1, 0.15) is 7.05 Å². The first kappa shape index (κ1) is 7.45. The van der Waals surface area contributed by atoms with Crippen LogP contribution in [0.15, 0.2) is 6.07 Å². The number of nitrogens with zero attached hydrogens (tertiary/aromatic N) is 3. The molecule has 0 aromatic carbocycles. The molecular formula is C4H4IN3O2. The lowest BCUT2D eigenvalue weighted by atomic mass is 10.6. The summed E-state index contributed by atoms with van der Waals surface area (Å²) in [4.78, 5) is 9.71. The van der Waals surface area contributed by atoms with Crippen LogP contribution in [0.1, 0.15) is 0 Å². The third-order valence-electron chi connectivity index (χ3n) is 1.01. The van der Waals surface area contributed by atoms with Crippen molar-refractivity contribution in [2.75, 3.05) is 0 Å². The molecule has 1 rings (SSSR count). The van der Waals surface area contributed by atoms with Gasteiger partial charge in [0.05, 0.1) is 6.07 Å². The van der Waals surface area contributed by atoms with Crippen molar-refractivity contribution in [1.29, 1.82) is 0 Å². The predicted molar refractivity (Wildman–Crippen MR) is 42.6 cm³/mol. The number of hydrogen-bond acceptors (Lipinski definition) is 3. The summed E-state index contributed by atoms with van der Waals surface area (Å²) in [5, 5.41) is 14.0. The van der Waals surface area contributed by atoms with Crippen LogP contribution in [0.25, 0.3) is 0 Å². The molecule has 10 heavy (non-hydrogen) atoms. The van der Waals surface area contributed by atoms with Crippen LogP contribution in [0.2, 0.25) is 0 Å². The average Bonchev–Trinajstić information content (AvgIpc) is 2.10. The Morgan fingerprint density at radius 2 is 2.50 bits per heavy atom. The highest BCUT2D eigenvalue weighted by Crippen LogP contribution is 2.12. The Balaban J connectivity index is 3.15. The fourth-order valence-electron chi connectivity index (χ4n) is 0.594. The van der Waals surface area contributed by atoms with Crippen LogP contribution >= 0.6 is 22.6 Å². The molecule has 0 bridgehead atoms. The largest absolute Gasteiger partial charge is 0.358 e. The van der Waals surface area contributed by atoms with Crippen LogP contribution in [-0.2, 0) is 7.05 Å². The number of rotatable bonds is 1. The SMILES string of the molecule is Cn1nc(I)cc1[N+](=O)[O-]. The number of halogens is 1. The minimum atomic E-state index is -0.463. The highest BCUT2D eigenvalue weighted by molar-refractivity contribution is 14.1. The van der Waals surface area contributed by atoms with Crippen molar-refractivity contribution in [2.24, 2.45) is 7.05 Å². The van der Waals surface area contributed by atoms with E-state index in [1.807, 2.05) is 22.6 Å². The molecule has 0 radical (unpaired) electrons. The smallest absolute Gasteiger partial charge is 0.345 e. The van der Waals surface area contributed by atoms with E-state index in [0.717, 1.165) is 0 Å². The molecule has 0 aliphatic carbocycles. The first-order valence-corrected chi connectivity index (χ1v) is 3.53. The summed E-state index contributed by atoms with van der Waals surface area (Å²) in [7, 11) is 1.54. The van der Waals surface area contributed by atoms with Crippen LogP contribution in [0.5, 0.6) is 0 Å². The molecule has 0 saturated carbocycles. The maximum absolute atomic E-state index is 10.2. The standard InChI is InChI=1S/C4H4IN3O2/c1-7-4(8(9)10)2-3(5)6-7/h2H,1H3. The second-order valence-corrected chi connectivity index (χ2v) is 2.81. The van der Waals surface area contributed by atoms with Crippen molar-refractivity contribution in [2.45, 2.75) is 0 Å². The summed E-state index contributed by atoms with van der Waals surface area (Å²) in [6.07, 6.45) is 0. The maximum atomic E-state index is 10.2. The van der Waals surface area contributed by atoms with Gasteiger partial charge in [-0.3, -0.25) is 0 Å². The number of hydrogen-bond donors (Lipinski definition) is 0. The molecule has 5 nitrogen and oxygen atoms in total. The third kappa shape index (κ3) is 1.25. The Bertz CT molecular complexity index is 269. The highest BCUT2D eigenvalue weighted by Gasteiger charge is 2.11. The van der Waals surface area contributed by atoms with Gasteiger partial charge in [-0.25, -0.2) is 0 Å². The zero-order valence-corrected chi connectivity index (χ0v) is 7.27. The zero-order valence-electron chi connectivity index (χ0n) is 5.11. The van der Waals surface area contributed by atoms with Gasteiger partial charge in [-0.2, -0.15) is 0 Å². The molecule has 0 atom stereocenters. The molecule has 1 heterocycles. The lowest BCUT2D eigenvalue weighted by molar-refractivity contribution is -0.392. The van der Waals surface area contributed by atoms with Gasteiger partial charge in [0.2, 0.25) is 0 Å². The lowest BCUT2D eigenvalue weighted by Gasteiger charge is -1.89. The Hall–Kier alpha value is -0.660. The minimum Gasteiger partial charge on any atom is -0.358 e. The fourth-order valence-corrected chi connectivity index (χ4v) is 1.20. The zero-order chi connectivity index (χ0) is 7.72. The fraction of sp³-hybridized carbons (Fsp3) is 0.250. The minimum absolute atomic E-state index is 0.0180. The van der Waals surface area contributed by atoms with Crippen LogP contribution in [0.3, 0.4) is 0 Å². The van der Waals surface area contributed by atoms with E-state index in [-0.39, 0.29) is 5.82 Å². The molecule has 1 aromatic heterocycles. The van der Waals surface area contributed by atoms with Gasteiger partial charge in [-0.05, 0) is 27.5 Å². The van der Waals surface area contributed by atoms with Gasteiger partial charge >= 0.3 is 5.82 Å². The average molecular weight is 253 g/mol. The molecule has 0 fully saturated rings. The monoisotopic (exact) mass is 253 g/mol.